The van der Waals surface area contributed by atoms with Crippen LogP contribution in [0, 0.1) is 0 Å². The van der Waals surface area contributed by atoms with Crippen LogP contribution in [0.4, 0.5) is 0 Å². The topological polar surface area (TPSA) is 47.7 Å². The van der Waals surface area contributed by atoms with Gasteiger partial charge in [0.1, 0.15) is 5.75 Å². The number of nitrogens with zero attached hydrogens (tertiary/aromatic N) is 1. The number of nitrogens with two attached hydrogens (primary N) is 1. The van der Waals surface area contributed by atoms with E-state index in [4.69, 9.17) is 15.2 Å². The van der Waals surface area contributed by atoms with Gasteiger partial charge in [0.05, 0.1) is 19.3 Å². The molecule has 0 amide bonds. The molecule has 1 heterocycles. The molecule has 2 N–H and O–H groups in total. The second-order valence-electron chi connectivity index (χ2n) is 5.90. The summed E-state index contributed by atoms with van der Waals surface area (Å²) in [6, 6.07) is 9.24. The van der Waals surface area contributed by atoms with Crippen molar-refractivity contribution in [2.45, 2.75) is 44.4 Å². The predicted molar refractivity (Wildman–Crippen MR) is 83.5 cm³/mol. The maximum atomic E-state index is 6.10. The smallest absolute Gasteiger partial charge is 0.119 e. The SMILES string of the molecule is CCOc1ccc(C(CN)N2CCOC3CCCC32)cc1. The quantitative estimate of drug-likeness (QED) is 0.904. The highest BCUT2D eigenvalue weighted by atomic mass is 16.5. The summed E-state index contributed by atoms with van der Waals surface area (Å²) in [5, 5.41) is 0. The second kappa shape index (κ2) is 6.77. The van der Waals surface area contributed by atoms with Crippen molar-refractivity contribution in [3.05, 3.63) is 29.8 Å². The molecule has 0 aromatic heterocycles. The molecule has 0 bridgehead atoms. The highest BCUT2D eigenvalue weighted by molar-refractivity contribution is 5.29. The molecule has 3 unspecified atom stereocenters. The normalized spacial score (nSPS) is 27.3. The first-order valence-electron chi connectivity index (χ1n) is 8.13. The van der Waals surface area contributed by atoms with Crippen molar-refractivity contribution >= 4 is 0 Å². The lowest BCUT2D eigenvalue weighted by atomic mass is 10.0. The molecule has 21 heavy (non-hydrogen) atoms. The fourth-order valence-electron chi connectivity index (χ4n) is 3.76. The molecular weight excluding hydrogens is 264 g/mol. The molecule has 1 saturated carbocycles. The zero-order valence-electron chi connectivity index (χ0n) is 12.8. The van der Waals surface area contributed by atoms with Gasteiger partial charge in [-0.2, -0.15) is 0 Å². The summed E-state index contributed by atoms with van der Waals surface area (Å²) in [4.78, 5) is 2.57. The van der Waals surface area contributed by atoms with E-state index in [1.807, 2.05) is 19.1 Å². The van der Waals surface area contributed by atoms with Crippen molar-refractivity contribution in [3.8, 4) is 5.75 Å². The van der Waals surface area contributed by atoms with E-state index in [1.54, 1.807) is 0 Å². The van der Waals surface area contributed by atoms with Crippen LogP contribution in [0.5, 0.6) is 5.75 Å². The van der Waals surface area contributed by atoms with Gasteiger partial charge in [-0.05, 0) is 43.9 Å². The van der Waals surface area contributed by atoms with Crippen LogP contribution in [0.15, 0.2) is 24.3 Å². The molecule has 1 aliphatic carbocycles. The number of hydrogen-bond acceptors (Lipinski definition) is 4. The lowest BCUT2D eigenvalue weighted by Gasteiger charge is -2.42. The van der Waals surface area contributed by atoms with Crippen molar-refractivity contribution in [2.24, 2.45) is 5.73 Å². The third-order valence-electron chi connectivity index (χ3n) is 4.72. The minimum absolute atomic E-state index is 0.287. The molecular formula is C17H26N2O2. The molecule has 0 radical (unpaired) electrons. The van der Waals surface area contributed by atoms with Crippen molar-refractivity contribution in [2.75, 3.05) is 26.3 Å². The van der Waals surface area contributed by atoms with Crippen molar-refractivity contribution in [1.29, 1.82) is 0 Å². The molecule has 0 spiro atoms. The van der Waals surface area contributed by atoms with Crippen molar-refractivity contribution in [3.63, 3.8) is 0 Å². The summed E-state index contributed by atoms with van der Waals surface area (Å²) < 4.78 is 11.4. The Morgan fingerprint density at radius 1 is 1.33 bits per heavy atom. The standard InChI is InChI=1S/C17H26N2O2/c1-2-20-14-8-6-13(7-9-14)16(12-18)19-10-11-21-17-5-3-4-15(17)19/h6-9,15-17H,2-5,10-12,18H2,1H3. The van der Waals surface area contributed by atoms with Crippen LogP contribution in [-0.2, 0) is 4.74 Å². The summed E-state index contributed by atoms with van der Waals surface area (Å²) in [5.41, 5.74) is 7.39. The first-order valence-corrected chi connectivity index (χ1v) is 8.13. The summed E-state index contributed by atoms with van der Waals surface area (Å²) in [6.07, 6.45) is 4.11. The highest BCUT2D eigenvalue weighted by Gasteiger charge is 2.39. The van der Waals surface area contributed by atoms with E-state index < -0.39 is 0 Å². The molecule has 116 valence electrons. The molecule has 3 rings (SSSR count). The van der Waals surface area contributed by atoms with Gasteiger partial charge in [-0.1, -0.05) is 12.1 Å². The highest BCUT2D eigenvalue weighted by Crippen LogP contribution is 2.35. The lowest BCUT2D eigenvalue weighted by molar-refractivity contribution is -0.0711. The summed E-state index contributed by atoms with van der Waals surface area (Å²) in [7, 11) is 0. The number of hydrogen-bond donors (Lipinski definition) is 1. The van der Waals surface area contributed by atoms with Gasteiger partial charge >= 0.3 is 0 Å². The molecule has 1 aliphatic heterocycles. The van der Waals surface area contributed by atoms with Crippen LogP contribution in [0.3, 0.4) is 0 Å². The Labute approximate surface area is 127 Å². The fraction of sp³-hybridized carbons (Fsp3) is 0.647. The largest absolute Gasteiger partial charge is 0.494 e. The fourth-order valence-corrected chi connectivity index (χ4v) is 3.76. The first-order chi connectivity index (χ1) is 10.3. The summed E-state index contributed by atoms with van der Waals surface area (Å²) >= 11 is 0. The van der Waals surface area contributed by atoms with E-state index in [0.717, 1.165) is 18.9 Å². The van der Waals surface area contributed by atoms with E-state index in [9.17, 15) is 0 Å². The Morgan fingerprint density at radius 3 is 2.86 bits per heavy atom. The minimum Gasteiger partial charge on any atom is -0.494 e. The third kappa shape index (κ3) is 3.07. The van der Waals surface area contributed by atoms with Crippen LogP contribution >= 0.6 is 0 Å². The predicted octanol–water partition coefficient (Wildman–Crippen LogP) is 2.34. The third-order valence-corrected chi connectivity index (χ3v) is 4.72. The summed E-state index contributed by atoms with van der Waals surface area (Å²) in [5.74, 6) is 0.928. The number of ether oxygens (including phenoxy) is 2. The molecule has 4 heteroatoms. The van der Waals surface area contributed by atoms with Gasteiger partial charge in [0.2, 0.25) is 0 Å². The zero-order chi connectivity index (χ0) is 14.7. The van der Waals surface area contributed by atoms with Crippen molar-refractivity contribution in [1.82, 2.24) is 4.90 Å². The number of morpholine rings is 1. The van der Waals surface area contributed by atoms with Gasteiger partial charge in [0.15, 0.2) is 0 Å². The Balaban J connectivity index is 1.77. The molecule has 1 aromatic carbocycles. The molecule has 2 fully saturated rings. The minimum atomic E-state index is 0.287. The van der Waals surface area contributed by atoms with Gasteiger partial charge in [-0.3, -0.25) is 4.90 Å². The van der Waals surface area contributed by atoms with E-state index >= 15 is 0 Å². The van der Waals surface area contributed by atoms with Gasteiger partial charge in [-0.25, -0.2) is 0 Å². The first kappa shape index (κ1) is 14.8. The summed E-state index contributed by atoms with van der Waals surface area (Å²) in [6.45, 7) is 5.17. The Bertz CT molecular complexity index is 449. The average Bonchev–Trinajstić information content (AvgIpc) is 2.99. The number of benzene rings is 1. The molecule has 2 aliphatic rings. The molecule has 4 nitrogen and oxygen atoms in total. The van der Waals surface area contributed by atoms with Gasteiger partial charge in [-0.15, -0.1) is 0 Å². The Morgan fingerprint density at radius 2 is 2.14 bits per heavy atom. The van der Waals surface area contributed by atoms with Crippen LogP contribution in [0.2, 0.25) is 0 Å². The lowest BCUT2D eigenvalue weighted by Crippen LogP contribution is -2.51. The van der Waals surface area contributed by atoms with E-state index in [1.165, 1.54) is 24.8 Å². The van der Waals surface area contributed by atoms with Crippen LogP contribution in [0.1, 0.15) is 37.8 Å². The maximum Gasteiger partial charge on any atom is 0.119 e. The van der Waals surface area contributed by atoms with E-state index in [2.05, 4.69) is 17.0 Å². The van der Waals surface area contributed by atoms with E-state index in [0.29, 0.717) is 25.3 Å². The monoisotopic (exact) mass is 290 g/mol. The van der Waals surface area contributed by atoms with Gasteiger partial charge < -0.3 is 15.2 Å². The van der Waals surface area contributed by atoms with Crippen LogP contribution < -0.4 is 10.5 Å². The maximum absolute atomic E-state index is 6.10. The molecule has 1 saturated heterocycles. The number of fused-ring (bicyclic) bond motifs is 1. The zero-order valence-corrected chi connectivity index (χ0v) is 12.8. The Kier molecular flexibility index (Phi) is 4.78. The van der Waals surface area contributed by atoms with Gasteiger partial charge in [0.25, 0.3) is 0 Å². The average molecular weight is 290 g/mol. The van der Waals surface area contributed by atoms with Crippen LogP contribution in [-0.4, -0.2) is 43.3 Å². The Hall–Kier alpha value is -1.10. The van der Waals surface area contributed by atoms with Crippen molar-refractivity contribution < 1.29 is 9.47 Å². The van der Waals surface area contributed by atoms with Gasteiger partial charge in [0, 0.05) is 25.2 Å². The van der Waals surface area contributed by atoms with E-state index in [-0.39, 0.29) is 6.04 Å². The van der Waals surface area contributed by atoms with Crippen LogP contribution in [0.25, 0.3) is 0 Å². The molecule has 1 aromatic rings. The second-order valence-corrected chi connectivity index (χ2v) is 5.90. The molecule has 3 atom stereocenters. The number of rotatable bonds is 5.